The van der Waals surface area contributed by atoms with Gasteiger partial charge in [-0.1, -0.05) is 33.2 Å². The Hall–Kier alpha value is -2.47. The maximum absolute atomic E-state index is 8.76. The van der Waals surface area contributed by atoms with Crippen molar-refractivity contribution in [1.82, 2.24) is 9.97 Å². The van der Waals surface area contributed by atoms with Crippen LogP contribution in [0.2, 0.25) is 0 Å². The van der Waals surface area contributed by atoms with Crippen LogP contribution in [0, 0.1) is 6.92 Å². The number of aromatic nitrogens is 2. The van der Waals surface area contributed by atoms with Gasteiger partial charge in [0.2, 0.25) is 0 Å². The molecule has 1 heterocycles. The van der Waals surface area contributed by atoms with Gasteiger partial charge in [0, 0.05) is 10.0 Å². The third-order valence-corrected chi connectivity index (χ3v) is 3.87. The number of ether oxygens (including phenoxy) is 1. The molecule has 0 saturated heterocycles. The summed E-state index contributed by atoms with van der Waals surface area (Å²) in [6, 6.07) is 13.2. The monoisotopic (exact) mass is 371 g/mol. The second-order valence-electron chi connectivity index (χ2n) is 4.96. The van der Waals surface area contributed by atoms with E-state index in [0.717, 1.165) is 26.9 Å². The van der Waals surface area contributed by atoms with Gasteiger partial charge in [0.15, 0.2) is 0 Å². The number of aryl methyl sites for hydroxylation is 1. The molecule has 0 radical (unpaired) electrons. The number of para-hydroxylation sites is 2. The first kappa shape index (κ1) is 15.4. The summed E-state index contributed by atoms with van der Waals surface area (Å²) in [4.78, 5) is 9.15. The second kappa shape index (κ2) is 6.75. The zero-order valence-electron chi connectivity index (χ0n) is 12.4. The van der Waals surface area contributed by atoms with Gasteiger partial charge in [-0.3, -0.25) is 0 Å². The fraction of sp³-hybridized carbons (Fsp3) is 0.118. The van der Waals surface area contributed by atoms with E-state index >= 15 is 0 Å². The van der Waals surface area contributed by atoms with Crippen LogP contribution in [0.25, 0.3) is 11.0 Å². The first-order chi connectivity index (χ1) is 11.2. The summed E-state index contributed by atoms with van der Waals surface area (Å²) < 4.78 is 6.71. The van der Waals surface area contributed by atoms with Gasteiger partial charge in [0.05, 0.1) is 28.6 Å². The van der Waals surface area contributed by atoms with Crippen LogP contribution in [0.5, 0.6) is 5.75 Å². The Morgan fingerprint density at radius 2 is 1.91 bits per heavy atom. The molecule has 2 aromatic carbocycles. The predicted octanol–water partition coefficient (Wildman–Crippen LogP) is 4.09. The van der Waals surface area contributed by atoms with Gasteiger partial charge in [-0.15, -0.1) is 0 Å². The van der Waals surface area contributed by atoms with E-state index < -0.39 is 0 Å². The van der Waals surface area contributed by atoms with Gasteiger partial charge in [0.1, 0.15) is 12.4 Å². The molecule has 0 amide bonds. The molecule has 3 aromatic rings. The maximum Gasteiger partial charge on any atom is 0.132 e. The molecule has 5 nitrogen and oxygen atoms in total. The zero-order chi connectivity index (χ0) is 16.2. The first-order valence-corrected chi connectivity index (χ1v) is 7.79. The Balaban J connectivity index is 1.87. The summed E-state index contributed by atoms with van der Waals surface area (Å²) in [5.74, 6) is 0.611. The summed E-state index contributed by atoms with van der Waals surface area (Å²) in [5, 5.41) is 11.8. The van der Waals surface area contributed by atoms with Gasteiger partial charge in [-0.25, -0.2) is 9.97 Å². The third kappa shape index (κ3) is 3.48. The minimum Gasteiger partial charge on any atom is -0.487 e. The van der Waals surface area contributed by atoms with E-state index in [1.807, 2.05) is 49.4 Å². The van der Waals surface area contributed by atoms with Crippen molar-refractivity contribution in [1.29, 1.82) is 0 Å². The summed E-state index contributed by atoms with van der Waals surface area (Å²) in [6.45, 7) is 2.20. The number of halogens is 1. The minimum atomic E-state index is 0.289. The lowest BCUT2D eigenvalue weighted by Crippen LogP contribution is -2.05. The smallest absolute Gasteiger partial charge is 0.132 e. The molecule has 1 N–H and O–H groups in total. The molecule has 0 bridgehead atoms. The zero-order valence-corrected chi connectivity index (χ0v) is 14.0. The van der Waals surface area contributed by atoms with Gasteiger partial charge >= 0.3 is 0 Å². The molecule has 6 heteroatoms. The lowest BCUT2D eigenvalue weighted by atomic mass is 10.2. The molecule has 0 aliphatic carbocycles. The van der Waals surface area contributed by atoms with Crippen molar-refractivity contribution in [3.8, 4) is 5.75 Å². The third-order valence-electron chi connectivity index (χ3n) is 3.38. The second-order valence-corrected chi connectivity index (χ2v) is 5.88. The van der Waals surface area contributed by atoms with E-state index in [2.05, 4.69) is 31.1 Å². The Labute approximate surface area is 141 Å². The molecule has 0 aliphatic rings. The Bertz CT molecular complexity index is 881. The van der Waals surface area contributed by atoms with Crippen LogP contribution in [0.4, 0.5) is 0 Å². The standard InChI is InChI=1S/C17H14BrN3O2/c1-11-16(21-15-5-3-2-4-14(15)20-11)10-23-17-7-6-13(18)8-12(17)9-19-22/h2-9,22H,10H2,1H3/b19-9-. The van der Waals surface area contributed by atoms with Gasteiger partial charge in [-0.05, 0) is 37.3 Å². The normalized spacial score (nSPS) is 11.2. The lowest BCUT2D eigenvalue weighted by Gasteiger charge is -2.11. The molecule has 0 saturated carbocycles. The van der Waals surface area contributed by atoms with Crippen molar-refractivity contribution in [2.45, 2.75) is 13.5 Å². The van der Waals surface area contributed by atoms with E-state index in [0.29, 0.717) is 11.3 Å². The van der Waals surface area contributed by atoms with Crippen LogP contribution in [-0.2, 0) is 6.61 Å². The van der Waals surface area contributed by atoms with E-state index in [4.69, 9.17) is 9.94 Å². The Morgan fingerprint density at radius 3 is 2.65 bits per heavy atom. The number of oxime groups is 1. The van der Waals surface area contributed by atoms with Gasteiger partial charge in [0.25, 0.3) is 0 Å². The van der Waals surface area contributed by atoms with Crippen LogP contribution < -0.4 is 4.74 Å². The molecule has 1 aromatic heterocycles. The van der Waals surface area contributed by atoms with Crippen LogP contribution in [-0.4, -0.2) is 21.4 Å². The summed E-state index contributed by atoms with van der Waals surface area (Å²) >= 11 is 3.38. The van der Waals surface area contributed by atoms with Gasteiger partial charge < -0.3 is 9.94 Å². The van der Waals surface area contributed by atoms with E-state index in [1.54, 1.807) is 0 Å². The Kier molecular flexibility index (Phi) is 4.52. The quantitative estimate of drug-likeness (QED) is 0.426. The Morgan fingerprint density at radius 1 is 1.17 bits per heavy atom. The van der Waals surface area contributed by atoms with Crippen molar-refractivity contribution < 1.29 is 9.94 Å². The molecule has 23 heavy (non-hydrogen) atoms. The number of hydrogen-bond acceptors (Lipinski definition) is 5. The fourth-order valence-corrected chi connectivity index (χ4v) is 2.60. The molecule has 0 fully saturated rings. The first-order valence-electron chi connectivity index (χ1n) is 6.99. The van der Waals surface area contributed by atoms with Crippen LogP contribution in [0.1, 0.15) is 17.0 Å². The molecule has 116 valence electrons. The van der Waals surface area contributed by atoms with E-state index in [-0.39, 0.29) is 6.61 Å². The van der Waals surface area contributed by atoms with E-state index in [1.165, 1.54) is 6.21 Å². The SMILES string of the molecule is Cc1nc2ccccc2nc1COc1ccc(Br)cc1/C=N\O. The summed E-state index contributed by atoms with van der Waals surface area (Å²) in [6.07, 6.45) is 1.33. The van der Waals surface area contributed by atoms with Crippen LogP contribution in [0.15, 0.2) is 52.1 Å². The highest BCUT2D eigenvalue weighted by Gasteiger charge is 2.08. The van der Waals surface area contributed by atoms with E-state index in [9.17, 15) is 0 Å². The highest BCUT2D eigenvalue weighted by atomic mass is 79.9. The van der Waals surface area contributed by atoms with Gasteiger partial charge in [-0.2, -0.15) is 0 Å². The molecule has 0 atom stereocenters. The largest absolute Gasteiger partial charge is 0.487 e. The van der Waals surface area contributed by atoms with Crippen molar-refractivity contribution in [3.05, 3.63) is 63.9 Å². The number of nitrogens with zero attached hydrogens (tertiary/aromatic N) is 3. The summed E-state index contributed by atoms with van der Waals surface area (Å²) in [7, 11) is 0. The molecule has 0 unspecified atom stereocenters. The number of fused-ring (bicyclic) bond motifs is 1. The van der Waals surface area contributed by atoms with Crippen LogP contribution in [0.3, 0.4) is 0 Å². The van der Waals surface area contributed by atoms with Crippen LogP contribution >= 0.6 is 15.9 Å². The number of rotatable bonds is 4. The average Bonchev–Trinajstić information content (AvgIpc) is 2.54. The number of hydrogen-bond donors (Lipinski definition) is 1. The summed E-state index contributed by atoms with van der Waals surface area (Å²) in [5.41, 5.74) is 3.99. The van der Waals surface area contributed by atoms with Crippen molar-refractivity contribution in [3.63, 3.8) is 0 Å². The van der Waals surface area contributed by atoms with Crippen molar-refractivity contribution in [2.75, 3.05) is 0 Å². The molecule has 0 aliphatic heterocycles. The molecular formula is C17H14BrN3O2. The maximum atomic E-state index is 8.76. The molecular weight excluding hydrogens is 358 g/mol. The minimum absolute atomic E-state index is 0.289. The van der Waals surface area contributed by atoms with Crippen molar-refractivity contribution in [2.24, 2.45) is 5.16 Å². The molecule has 3 rings (SSSR count). The molecule has 0 spiro atoms. The van der Waals surface area contributed by atoms with Crippen molar-refractivity contribution >= 4 is 33.2 Å². The average molecular weight is 372 g/mol. The fourth-order valence-electron chi connectivity index (χ4n) is 2.22. The highest BCUT2D eigenvalue weighted by molar-refractivity contribution is 9.10. The number of benzene rings is 2. The lowest BCUT2D eigenvalue weighted by molar-refractivity contribution is 0.298. The topological polar surface area (TPSA) is 67.6 Å². The predicted molar refractivity (Wildman–Crippen MR) is 92.1 cm³/mol. The highest BCUT2D eigenvalue weighted by Crippen LogP contribution is 2.23.